The molecule has 0 radical (unpaired) electrons. The Morgan fingerprint density at radius 3 is 3.00 bits per heavy atom. The fourth-order valence-corrected chi connectivity index (χ4v) is 1.83. The van der Waals surface area contributed by atoms with Gasteiger partial charge in [0.2, 0.25) is 5.91 Å². The SMILES string of the molecule is COc1cccc(NC(=O)CSC(C)CN)c1. The number of ether oxygens (including phenoxy) is 1. The minimum atomic E-state index is -0.0245. The number of hydrogen-bond acceptors (Lipinski definition) is 4. The molecule has 0 heterocycles. The maximum atomic E-state index is 11.6. The van der Waals surface area contributed by atoms with E-state index in [-0.39, 0.29) is 5.91 Å². The normalized spacial score (nSPS) is 11.9. The monoisotopic (exact) mass is 254 g/mol. The number of carbonyl (C=O) groups is 1. The molecule has 0 aliphatic heterocycles. The van der Waals surface area contributed by atoms with E-state index < -0.39 is 0 Å². The van der Waals surface area contributed by atoms with Crippen molar-refractivity contribution in [2.24, 2.45) is 5.73 Å². The molecule has 17 heavy (non-hydrogen) atoms. The molecule has 1 aromatic carbocycles. The molecule has 0 aliphatic rings. The maximum absolute atomic E-state index is 11.6. The van der Waals surface area contributed by atoms with Gasteiger partial charge < -0.3 is 15.8 Å². The fourth-order valence-electron chi connectivity index (χ4n) is 1.18. The molecule has 5 heteroatoms. The average molecular weight is 254 g/mol. The molecule has 0 aromatic heterocycles. The summed E-state index contributed by atoms with van der Waals surface area (Å²) in [5, 5.41) is 3.11. The van der Waals surface area contributed by atoms with Crippen molar-refractivity contribution in [3.63, 3.8) is 0 Å². The third-order valence-corrected chi connectivity index (χ3v) is 3.37. The Bertz CT molecular complexity index is 371. The van der Waals surface area contributed by atoms with E-state index in [0.717, 1.165) is 11.4 Å². The van der Waals surface area contributed by atoms with Crippen molar-refractivity contribution in [1.82, 2.24) is 0 Å². The number of nitrogens with two attached hydrogens (primary N) is 1. The van der Waals surface area contributed by atoms with Gasteiger partial charge in [-0.15, -0.1) is 11.8 Å². The molecule has 0 fully saturated rings. The van der Waals surface area contributed by atoms with Gasteiger partial charge in [-0.2, -0.15) is 0 Å². The highest BCUT2D eigenvalue weighted by atomic mass is 32.2. The van der Waals surface area contributed by atoms with Gasteiger partial charge in [-0.3, -0.25) is 4.79 Å². The van der Waals surface area contributed by atoms with Gasteiger partial charge in [0, 0.05) is 23.5 Å². The molecule has 0 aliphatic carbocycles. The van der Waals surface area contributed by atoms with E-state index in [1.54, 1.807) is 24.9 Å². The number of amides is 1. The summed E-state index contributed by atoms with van der Waals surface area (Å²) in [6.45, 7) is 2.58. The molecule has 1 unspecified atom stereocenters. The topological polar surface area (TPSA) is 64.3 Å². The van der Waals surface area contributed by atoms with Gasteiger partial charge in [0.15, 0.2) is 0 Å². The number of nitrogens with one attached hydrogen (secondary N) is 1. The van der Waals surface area contributed by atoms with Crippen molar-refractivity contribution in [2.45, 2.75) is 12.2 Å². The van der Waals surface area contributed by atoms with Crippen molar-refractivity contribution in [3.05, 3.63) is 24.3 Å². The third kappa shape index (κ3) is 5.10. The van der Waals surface area contributed by atoms with Crippen molar-refractivity contribution >= 4 is 23.4 Å². The smallest absolute Gasteiger partial charge is 0.234 e. The number of benzene rings is 1. The lowest BCUT2D eigenvalue weighted by atomic mass is 10.3. The summed E-state index contributed by atoms with van der Waals surface area (Å²) in [6, 6.07) is 7.29. The van der Waals surface area contributed by atoms with Crippen LogP contribution in [0.5, 0.6) is 5.75 Å². The molecule has 94 valence electrons. The molecule has 0 bridgehead atoms. The first-order valence-corrected chi connectivity index (χ1v) is 6.46. The summed E-state index contributed by atoms with van der Waals surface area (Å²) in [7, 11) is 1.60. The molecule has 1 atom stereocenters. The van der Waals surface area contributed by atoms with Gasteiger partial charge in [0.25, 0.3) is 0 Å². The van der Waals surface area contributed by atoms with E-state index in [2.05, 4.69) is 5.32 Å². The molecule has 1 aromatic rings. The standard InChI is InChI=1S/C12H18N2O2S/c1-9(7-13)17-8-12(15)14-10-4-3-5-11(6-10)16-2/h3-6,9H,7-8,13H2,1-2H3,(H,14,15). The summed E-state index contributed by atoms with van der Waals surface area (Å²) in [4.78, 5) is 11.6. The fraction of sp³-hybridized carbons (Fsp3) is 0.417. The first-order valence-electron chi connectivity index (χ1n) is 5.41. The average Bonchev–Trinajstić information content (AvgIpc) is 2.36. The first-order chi connectivity index (χ1) is 8.15. The highest BCUT2D eigenvalue weighted by Crippen LogP contribution is 2.17. The van der Waals surface area contributed by atoms with E-state index in [4.69, 9.17) is 10.5 Å². The first kappa shape index (κ1) is 13.9. The van der Waals surface area contributed by atoms with Gasteiger partial charge in [-0.1, -0.05) is 13.0 Å². The van der Waals surface area contributed by atoms with Crippen LogP contribution in [-0.2, 0) is 4.79 Å². The summed E-state index contributed by atoms with van der Waals surface area (Å²) in [5.41, 5.74) is 6.23. The zero-order chi connectivity index (χ0) is 12.7. The number of anilines is 1. The van der Waals surface area contributed by atoms with Crippen LogP contribution in [0.3, 0.4) is 0 Å². The highest BCUT2D eigenvalue weighted by Gasteiger charge is 2.06. The number of hydrogen-bond donors (Lipinski definition) is 2. The predicted octanol–water partition coefficient (Wildman–Crippen LogP) is 1.71. The molecule has 3 N–H and O–H groups in total. The largest absolute Gasteiger partial charge is 0.497 e. The van der Waals surface area contributed by atoms with Crippen LogP contribution in [0.15, 0.2) is 24.3 Å². The van der Waals surface area contributed by atoms with Crippen LogP contribution in [0, 0.1) is 0 Å². The lowest BCUT2D eigenvalue weighted by Crippen LogP contribution is -2.19. The highest BCUT2D eigenvalue weighted by molar-refractivity contribution is 8.00. The van der Waals surface area contributed by atoms with Crippen molar-refractivity contribution in [1.29, 1.82) is 0 Å². The molecule has 0 saturated heterocycles. The van der Waals surface area contributed by atoms with Crippen molar-refractivity contribution in [2.75, 3.05) is 24.7 Å². The second kappa shape index (κ2) is 7.19. The minimum Gasteiger partial charge on any atom is -0.497 e. The van der Waals surface area contributed by atoms with Crippen LogP contribution in [0.1, 0.15) is 6.92 Å². The van der Waals surface area contributed by atoms with Crippen molar-refractivity contribution < 1.29 is 9.53 Å². The number of carbonyl (C=O) groups excluding carboxylic acids is 1. The van der Waals surface area contributed by atoms with Gasteiger partial charge in [0.05, 0.1) is 12.9 Å². The van der Waals surface area contributed by atoms with Gasteiger partial charge in [0.1, 0.15) is 5.75 Å². The molecule has 1 amide bonds. The summed E-state index contributed by atoms with van der Waals surface area (Å²) in [6.07, 6.45) is 0. The second-order valence-corrected chi connectivity index (χ2v) is 5.06. The van der Waals surface area contributed by atoms with Crippen molar-refractivity contribution in [3.8, 4) is 5.75 Å². The van der Waals surface area contributed by atoms with Gasteiger partial charge in [-0.05, 0) is 12.1 Å². The van der Waals surface area contributed by atoms with E-state index in [0.29, 0.717) is 17.5 Å². The number of thioether (sulfide) groups is 1. The Labute approximate surface area is 106 Å². The van der Waals surface area contributed by atoms with E-state index in [1.165, 1.54) is 0 Å². The molecule has 0 spiro atoms. The van der Waals surface area contributed by atoms with Crippen LogP contribution in [0.4, 0.5) is 5.69 Å². The van der Waals surface area contributed by atoms with Gasteiger partial charge >= 0.3 is 0 Å². The molecule has 0 saturated carbocycles. The number of rotatable bonds is 6. The molecule has 4 nitrogen and oxygen atoms in total. The molecular weight excluding hydrogens is 236 g/mol. The third-order valence-electron chi connectivity index (χ3n) is 2.18. The summed E-state index contributed by atoms with van der Waals surface area (Å²) in [5.74, 6) is 1.12. The Kier molecular flexibility index (Phi) is 5.86. The van der Waals surface area contributed by atoms with E-state index >= 15 is 0 Å². The number of methoxy groups -OCH3 is 1. The zero-order valence-electron chi connectivity index (χ0n) is 10.1. The predicted molar refractivity (Wildman–Crippen MR) is 72.6 cm³/mol. The molecule has 1 rings (SSSR count). The van der Waals surface area contributed by atoms with E-state index in [9.17, 15) is 4.79 Å². The lowest BCUT2D eigenvalue weighted by molar-refractivity contribution is -0.113. The Balaban J connectivity index is 2.44. The van der Waals surface area contributed by atoms with E-state index in [1.807, 2.05) is 25.1 Å². The van der Waals surface area contributed by atoms with Crippen LogP contribution >= 0.6 is 11.8 Å². The lowest BCUT2D eigenvalue weighted by Gasteiger charge is -2.09. The van der Waals surface area contributed by atoms with Crippen LogP contribution < -0.4 is 15.8 Å². The molecular formula is C12H18N2O2S. The van der Waals surface area contributed by atoms with Gasteiger partial charge in [-0.25, -0.2) is 0 Å². The zero-order valence-corrected chi connectivity index (χ0v) is 10.9. The Morgan fingerprint density at radius 2 is 2.35 bits per heavy atom. The van der Waals surface area contributed by atoms with Crippen LogP contribution in [0.25, 0.3) is 0 Å². The second-order valence-electron chi connectivity index (χ2n) is 3.64. The summed E-state index contributed by atoms with van der Waals surface area (Å²) >= 11 is 1.55. The summed E-state index contributed by atoms with van der Waals surface area (Å²) < 4.78 is 5.08. The Hall–Kier alpha value is -1.20. The maximum Gasteiger partial charge on any atom is 0.234 e. The quantitative estimate of drug-likeness (QED) is 0.811. The Morgan fingerprint density at radius 1 is 1.59 bits per heavy atom. The minimum absolute atomic E-state index is 0.0245. The van der Waals surface area contributed by atoms with Crippen LogP contribution in [-0.4, -0.2) is 30.6 Å². The van der Waals surface area contributed by atoms with Crippen LogP contribution in [0.2, 0.25) is 0 Å².